The number of ketones is 1. The molecule has 0 aliphatic heterocycles. The average molecular weight is 235 g/mol. The van der Waals surface area contributed by atoms with E-state index in [1.807, 2.05) is 6.07 Å². The first-order valence-electron chi connectivity index (χ1n) is 6.17. The van der Waals surface area contributed by atoms with Gasteiger partial charge in [-0.1, -0.05) is 26.0 Å². The van der Waals surface area contributed by atoms with Gasteiger partial charge < -0.3 is 10.0 Å². The number of carbonyl (C=O) groups is 1. The lowest BCUT2D eigenvalue weighted by molar-refractivity contribution is -0.118. The second-order valence-electron chi connectivity index (χ2n) is 4.16. The lowest BCUT2D eigenvalue weighted by Crippen LogP contribution is -2.26. The molecule has 0 spiro atoms. The molecule has 0 bridgehead atoms. The molecule has 17 heavy (non-hydrogen) atoms. The van der Waals surface area contributed by atoms with Crippen molar-refractivity contribution in [3.63, 3.8) is 0 Å². The van der Waals surface area contributed by atoms with Crippen LogP contribution in [0.1, 0.15) is 25.8 Å². The molecule has 3 heteroatoms. The van der Waals surface area contributed by atoms with Crippen molar-refractivity contribution in [2.75, 3.05) is 19.6 Å². The summed E-state index contributed by atoms with van der Waals surface area (Å²) < 4.78 is 0. The molecule has 0 saturated carbocycles. The predicted molar refractivity (Wildman–Crippen MR) is 69.2 cm³/mol. The Morgan fingerprint density at radius 3 is 2.59 bits per heavy atom. The number of phenolic OH excluding ortho intramolecular Hbond substituents is 1. The molecule has 1 aromatic rings. The van der Waals surface area contributed by atoms with Gasteiger partial charge in [0.05, 0.1) is 0 Å². The van der Waals surface area contributed by atoms with E-state index in [1.165, 1.54) is 0 Å². The number of rotatable bonds is 7. The number of aromatic hydroxyl groups is 1. The van der Waals surface area contributed by atoms with Gasteiger partial charge in [0.1, 0.15) is 11.5 Å². The summed E-state index contributed by atoms with van der Waals surface area (Å²) in [6.07, 6.45) is 0.993. The molecule has 0 aliphatic rings. The number of carbonyl (C=O) groups excluding carboxylic acids is 1. The van der Waals surface area contributed by atoms with Gasteiger partial charge in [-0.05, 0) is 30.8 Å². The fraction of sp³-hybridized carbons (Fsp3) is 0.500. The Bertz CT molecular complexity index is 359. The largest absolute Gasteiger partial charge is 0.508 e. The fourth-order valence-electron chi connectivity index (χ4n) is 1.81. The molecule has 1 N–H and O–H groups in total. The third-order valence-electron chi connectivity index (χ3n) is 2.91. The smallest absolute Gasteiger partial charge is 0.138 e. The number of hydrogen-bond acceptors (Lipinski definition) is 3. The molecular formula is C14H21NO2. The Labute approximate surface area is 103 Å². The van der Waals surface area contributed by atoms with E-state index < -0.39 is 0 Å². The summed E-state index contributed by atoms with van der Waals surface area (Å²) in [5, 5.41) is 9.30. The first-order valence-corrected chi connectivity index (χ1v) is 6.17. The predicted octanol–water partition coefficient (Wildman–Crippen LogP) is 2.24. The maximum Gasteiger partial charge on any atom is 0.138 e. The highest BCUT2D eigenvalue weighted by Crippen LogP contribution is 2.12. The van der Waals surface area contributed by atoms with Gasteiger partial charge in [0.2, 0.25) is 0 Å². The van der Waals surface area contributed by atoms with Crippen molar-refractivity contribution in [3.8, 4) is 5.75 Å². The second kappa shape index (κ2) is 7.07. The van der Waals surface area contributed by atoms with E-state index in [2.05, 4.69) is 18.7 Å². The Kier molecular flexibility index (Phi) is 5.70. The van der Waals surface area contributed by atoms with Crippen molar-refractivity contribution >= 4 is 5.78 Å². The number of nitrogens with zero attached hydrogens (tertiary/aromatic N) is 1. The quantitative estimate of drug-likeness (QED) is 0.788. The topological polar surface area (TPSA) is 40.5 Å². The summed E-state index contributed by atoms with van der Waals surface area (Å²) in [6, 6.07) is 6.90. The molecule has 0 heterocycles. The van der Waals surface area contributed by atoms with Gasteiger partial charge in [0.25, 0.3) is 0 Å². The summed E-state index contributed by atoms with van der Waals surface area (Å²) >= 11 is 0. The van der Waals surface area contributed by atoms with Crippen LogP contribution in [0.4, 0.5) is 0 Å². The van der Waals surface area contributed by atoms with Gasteiger partial charge in [0, 0.05) is 19.4 Å². The molecule has 94 valence electrons. The maximum atomic E-state index is 11.8. The molecule has 0 fully saturated rings. The first-order chi connectivity index (χ1) is 8.15. The fourth-order valence-corrected chi connectivity index (χ4v) is 1.81. The SMILES string of the molecule is CCN(CC)CCC(=O)Cc1cccc(O)c1. The van der Waals surface area contributed by atoms with E-state index in [4.69, 9.17) is 0 Å². The minimum absolute atomic E-state index is 0.221. The van der Waals surface area contributed by atoms with E-state index in [1.54, 1.807) is 18.2 Å². The Balaban J connectivity index is 2.39. The lowest BCUT2D eigenvalue weighted by Gasteiger charge is -2.17. The molecule has 0 aromatic heterocycles. The zero-order chi connectivity index (χ0) is 12.7. The van der Waals surface area contributed by atoms with Crippen molar-refractivity contribution in [2.45, 2.75) is 26.7 Å². The van der Waals surface area contributed by atoms with E-state index in [9.17, 15) is 9.90 Å². The lowest BCUT2D eigenvalue weighted by atomic mass is 10.1. The normalized spacial score (nSPS) is 10.8. The molecule has 0 aliphatic carbocycles. The number of phenols is 1. The molecule has 0 radical (unpaired) electrons. The molecule has 0 unspecified atom stereocenters. The monoisotopic (exact) mass is 235 g/mol. The average Bonchev–Trinajstić information content (AvgIpc) is 2.30. The van der Waals surface area contributed by atoms with E-state index in [0.717, 1.165) is 25.2 Å². The zero-order valence-electron chi connectivity index (χ0n) is 10.6. The van der Waals surface area contributed by atoms with Crippen LogP contribution in [-0.4, -0.2) is 35.4 Å². The van der Waals surface area contributed by atoms with Crippen molar-refractivity contribution in [1.29, 1.82) is 0 Å². The minimum Gasteiger partial charge on any atom is -0.508 e. The first kappa shape index (κ1) is 13.7. The molecular weight excluding hydrogens is 214 g/mol. The Morgan fingerprint density at radius 2 is 2.00 bits per heavy atom. The number of hydrogen-bond donors (Lipinski definition) is 1. The van der Waals surface area contributed by atoms with Crippen LogP contribution < -0.4 is 0 Å². The molecule has 0 saturated heterocycles. The highest BCUT2D eigenvalue weighted by molar-refractivity contribution is 5.81. The number of benzene rings is 1. The van der Waals surface area contributed by atoms with Gasteiger partial charge in [0.15, 0.2) is 0 Å². The van der Waals surface area contributed by atoms with Crippen molar-refractivity contribution < 1.29 is 9.90 Å². The van der Waals surface area contributed by atoms with Crippen LogP contribution in [0.3, 0.4) is 0 Å². The molecule has 1 aromatic carbocycles. The van der Waals surface area contributed by atoms with Crippen molar-refractivity contribution in [1.82, 2.24) is 4.90 Å². The van der Waals surface area contributed by atoms with Gasteiger partial charge >= 0.3 is 0 Å². The number of Topliss-reactive ketones (excluding diaryl/α,β-unsaturated/α-hetero) is 1. The van der Waals surface area contributed by atoms with E-state index in [-0.39, 0.29) is 11.5 Å². The minimum atomic E-state index is 0.221. The highest BCUT2D eigenvalue weighted by Gasteiger charge is 2.06. The Morgan fingerprint density at radius 1 is 1.29 bits per heavy atom. The van der Waals surface area contributed by atoms with Crippen LogP contribution in [-0.2, 0) is 11.2 Å². The van der Waals surface area contributed by atoms with Crippen LogP contribution in [0.15, 0.2) is 24.3 Å². The maximum absolute atomic E-state index is 11.8. The van der Waals surface area contributed by atoms with Crippen molar-refractivity contribution in [3.05, 3.63) is 29.8 Å². The van der Waals surface area contributed by atoms with Crippen molar-refractivity contribution in [2.24, 2.45) is 0 Å². The third-order valence-corrected chi connectivity index (χ3v) is 2.91. The second-order valence-corrected chi connectivity index (χ2v) is 4.16. The van der Waals surface area contributed by atoms with Crippen LogP contribution in [0.2, 0.25) is 0 Å². The van der Waals surface area contributed by atoms with Crippen LogP contribution >= 0.6 is 0 Å². The van der Waals surface area contributed by atoms with Crippen LogP contribution in [0.25, 0.3) is 0 Å². The summed E-state index contributed by atoms with van der Waals surface area (Å²) in [4.78, 5) is 14.0. The van der Waals surface area contributed by atoms with Gasteiger partial charge in [-0.25, -0.2) is 0 Å². The molecule has 0 amide bonds. The summed E-state index contributed by atoms with van der Waals surface area (Å²) in [6.45, 7) is 6.99. The summed E-state index contributed by atoms with van der Waals surface area (Å²) in [7, 11) is 0. The summed E-state index contributed by atoms with van der Waals surface area (Å²) in [5.41, 5.74) is 0.884. The summed E-state index contributed by atoms with van der Waals surface area (Å²) in [5.74, 6) is 0.446. The van der Waals surface area contributed by atoms with Crippen LogP contribution in [0, 0.1) is 0 Å². The molecule has 0 atom stereocenters. The molecule has 3 nitrogen and oxygen atoms in total. The van der Waals surface area contributed by atoms with Gasteiger partial charge in [-0.3, -0.25) is 4.79 Å². The van der Waals surface area contributed by atoms with Gasteiger partial charge in [-0.15, -0.1) is 0 Å². The van der Waals surface area contributed by atoms with E-state index >= 15 is 0 Å². The highest BCUT2D eigenvalue weighted by atomic mass is 16.3. The molecule has 1 rings (SSSR count). The standard InChI is InChI=1S/C14H21NO2/c1-3-15(4-2)9-8-14(17)11-12-6-5-7-13(16)10-12/h5-7,10,16H,3-4,8-9,11H2,1-2H3. The Hall–Kier alpha value is -1.35. The van der Waals surface area contributed by atoms with E-state index in [0.29, 0.717) is 12.8 Å². The third kappa shape index (κ3) is 5.00. The zero-order valence-corrected chi connectivity index (χ0v) is 10.6. The van der Waals surface area contributed by atoms with Gasteiger partial charge in [-0.2, -0.15) is 0 Å². The van der Waals surface area contributed by atoms with Crippen LogP contribution in [0.5, 0.6) is 5.75 Å².